The molecular formula is C15H14FN3O2. The predicted octanol–water partition coefficient (Wildman–Crippen LogP) is 3.15. The number of nitrogens with zero attached hydrogens (tertiary/aromatic N) is 2. The third kappa shape index (κ3) is 3.75. The quantitative estimate of drug-likeness (QED) is 0.917. The topological polar surface area (TPSA) is 64.1 Å². The van der Waals surface area contributed by atoms with E-state index in [-0.39, 0.29) is 17.7 Å². The maximum atomic E-state index is 13.4. The molecule has 1 heterocycles. The van der Waals surface area contributed by atoms with E-state index in [0.717, 1.165) is 12.8 Å². The SMILES string of the molecule is O=C(CC1CC1)Nc1cnc(Oc2ccccc2F)nc1. The predicted molar refractivity (Wildman–Crippen MR) is 74.5 cm³/mol. The molecule has 1 aromatic heterocycles. The first-order valence-electron chi connectivity index (χ1n) is 6.75. The van der Waals surface area contributed by atoms with E-state index in [1.54, 1.807) is 12.1 Å². The largest absolute Gasteiger partial charge is 0.421 e. The van der Waals surface area contributed by atoms with Crippen LogP contribution in [0.1, 0.15) is 19.3 Å². The lowest BCUT2D eigenvalue weighted by molar-refractivity contribution is -0.116. The van der Waals surface area contributed by atoms with Crippen molar-refractivity contribution in [3.63, 3.8) is 0 Å². The Morgan fingerprint density at radius 3 is 2.67 bits per heavy atom. The van der Waals surface area contributed by atoms with Crippen LogP contribution in [-0.2, 0) is 4.79 Å². The third-order valence-electron chi connectivity index (χ3n) is 3.12. The molecule has 2 aromatic rings. The van der Waals surface area contributed by atoms with E-state index in [9.17, 15) is 9.18 Å². The molecule has 0 saturated heterocycles. The summed E-state index contributed by atoms with van der Waals surface area (Å²) in [4.78, 5) is 19.5. The summed E-state index contributed by atoms with van der Waals surface area (Å²) in [7, 11) is 0. The van der Waals surface area contributed by atoms with Crippen LogP contribution in [0.3, 0.4) is 0 Å². The van der Waals surface area contributed by atoms with Gasteiger partial charge in [-0.1, -0.05) is 12.1 Å². The van der Waals surface area contributed by atoms with Crippen molar-refractivity contribution in [2.24, 2.45) is 5.92 Å². The molecule has 1 aliphatic rings. The molecule has 1 aliphatic carbocycles. The highest BCUT2D eigenvalue weighted by Gasteiger charge is 2.24. The number of hydrogen-bond donors (Lipinski definition) is 1. The van der Waals surface area contributed by atoms with Gasteiger partial charge in [-0.3, -0.25) is 4.79 Å². The van der Waals surface area contributed by atoms with Gasteiger partial charge >= 0.3 is 6.01 Å². The fourth-order valence-electron chi connectivity index (χ4n) is 1.86. The zero-order chi connectivity index (χ0) is 14.7. The molecule has 0 aliphatic heterocycles. The fraction of sp³-hybridized carbons (Fsp3) is 0.267. The summed E-state index contributed by atoms with van der Waals surface area (Å²) in [5, 5.41) is 2.72. The molecule has 1 saturated carbocycles. The van der Waals surface area contributed by atoms with Crippen molar-refractivity contribution in [3.8, 4) is 11.8 Å². The van der Waals surface area contributed by atoms with Gasteiger partial charge in [0.15, 0.2) is 11.6 Å². The van der Waals surface area contributed by atoms with Gasteiger partial charge in [-0.05, 0) is 30.9 Å². The molecule has 5 nitrogen and oxygen atoms in total. The molecule has 0 bridgehead atoms. The molecule has 0 atom stereocenters. The van der Waals surface area contributed by atoms with Crippen molar-refractivity contribution in [3.05, 3.63) is 42.5 Å². The normalized spacial score (nSPS) is 13.8. The van der Waals surface area contributed by atoms with Gasteiger partial charge in [0.1, 0.15) is 0 Å². The Kier molecular flexibility index (Phi) is 3.77. The Labute approximate surface area is 121 Å². The highest BCUT2D eigenvalue weighted by atomic mass is 19.1. The van der Waals surface area contributed by atoms with Crippen molar-refractivity contribution >= 4 is 11.6 Å². The van der Waals surface area contributed by atoms with Gasteiger partial charge in [-0.25, -0.2) is 14.4 Å². The van der Waals surface area contributed by atoms with E-state index in [0.29, 0.717) is 18.0 Å². The first kappa shape index (κ1) is 13.5. The Balaban J connectivity index is 1.61. The first-order chi connectivity index (χ1) is 10.2. The second kappa shape index (κ2) is 5.87. The van der Waals surface area contributed by atoms with Crippen LogP contribution in [0.2, 0.25) is 0 Å². The van der Waals surface area contributed by atoms with Crippen LogP contribution in [-0.4, -0.2) is 15.9 Å². The zero-order valence-electron chi connectivity index (χ0n) is 11.3. The number of carbonyl (C=O) groups is 1. The lowest BCUT2D eigenvalue weighted by atomic mass is 10.3. The van der Waals surface area contributed by atoms with Crippen LogP contribution in [0.5, 0.6) is 11.8 Å². The van der Waals surface area contributed by atoms with E-state index in [2.05, 4.69) is 15.3 Å². The molecule has 0 unspecified atom stereocenters. The maximum absolute atomic E-state index is 13.4. The van der Waals surface area contributed by atoms with Crippen molar-refractivity contribution in [1.82, 2.24) is 9.97 Å². The van der Waals surface area contributed by atoms with E-state index < -0.39 is 5.82 Å². The van der Waals surface area contributed by atoms with Gasteiger partial charge in [0.05, 0.1) is 18.1 Å². The summed E-state index contributed by atoms with van der Waals surface area (Å²) in [6.45, 7) is 0. The van der Waals surface area contributed by atoms with E-state index in [1.807, 2.05) is 0 Å². The average molecular weight is 287 g/mol. The number of rotatable bonds is 5. The minimum absolute atomic E-state index is 0.0280. The highest BCUT2D eigenvalue weighted by Crippen LogP contribution is 2.32. The van der Waals surface area contributed by atoms with Crippen molar-refractivity contribution in [2.75, 3.05) is 5.32 Å². The van der Waals surface area contributed by atoms with Gasteiger partial charge in [0, 0.05) is 6.42 Å². The second-order valence-corrected chi connectivity index (χ2v) is 4.98. The van der Waals surface area contributed by atoms with Crippen molar-refractivity contribution < 1.29 is 13.9 Å². The van der Waals surface area contributed by atoms with Crippen LogP contribution >= 0.6 is 0 Å². The molecule has 1 fully saturated rings. The summed E-state index contributed by atoms with van der Waals surface area (Å²) in [6, 6.07) is 6.04. The van der Waals surface area contributed by atoms with Gasteiger partial charge in [-0.15, -0.1) is 0 Å². The molecule has 1 amide bonds. The summed E-state index contributed by atoms with van der Waals surface area (Å²) in [6.07, 6.45) is 5.66. The molecule has 1 aromatic carbocycles. The Hall–Kier alpha value is -2.50. The monoisotopic (exact) mass is 287 g/mol. The Morgan fingerprint density at radius 2 is 2.00 bits per heavy atom. The minimum Gasteiger partial charge on any atom is -0.421 e. The lowest BCUT2D eigenvalue weighted by Crippen LogP contribution is -2.12. The number of anilines is 1. The number of para-hydroxylation sites is 1. The minimum atomic E-state index is -0.483. The van der Waals surface area contributed by atoms with Crippen LogP contribution in [0, 0.1) is 11.7 Å². The number of carbonyl (C=O) groups excluding carboxylic acids is 1. The number of halogens is 1. The zero-order valence-corrected chi connectivity index (χ0v) is 11.3. The van der Waals surface area contributed by atoms with Crippen LogP contribution in [0.15, 0.2) is 36.7 Å². The van der Waals surface area contributed by atoms with Crippen molar-refractivity contribution in [1.29, 1.82) is 0 Å². The number of benzene rings is 1. The third-order valence-corrected chi connectivity index (χ3v) is 3.12. The van der Waals surface area contributed by atoms with E-state index in [1.165, 1.54) is 24.5 Å². The molecular weight excluding hydrogens is 273 g/mol. The first-order valence-corrected chi connectivity index (χ1v) is 6.75. The number of amides is 1. The summed E-state index contributed by atoms with van der Waals surface area (Å²) in [5.41, 5.74) is 0.501. The van der Waals surface area contributed by atoms with Gasteiger partial charge in [-0.2, -0.15) is 0 Å². The van der Waals surface area contributed by atoms with E-state index >= 15 is 0 Å². The summed E-state index contributed by atoms with van der Waals surface area (Å²) < 4.78 is 18.7. The molecule has 0 radical (unpaired) electrons. The van der Waals surface area contributed by atoms with Crippen LogP contribution < -0.4 is 10.1 Å². The van der Waals surface area contributed by atoms with E-state index in [4.69, 9.17) is 4.74 Å². The fourth-order valence-corrected chi connectivity index (χ4v) is 1.86. The Bertz CT molecular complexity index is 642. The van der Waals surface area contributed by atoms with Gasteiger partial charge in [0.25, 0.3) is 0 Å². The lowest BCUT2D eigenvalue weighted by Gasteiger charge is -2.06. The average Bonchev–Trinajstić information content (AvgIpc) is 3.27. The van der Waals surface area contributed by atoms with Crippen LogP contribution in [0.4, 0.5) is 10.1 Å². The summed E-state index contributed by atoms with van der Waals surface area (Å²) >= 11 is 0. The molecule has 108 valence electrons. The highest BCUT2D eigenvalue weighted by molar-refractivity contribution is 5.90. The molecule has 3 rings (SSSR count). The smallest absolute Gasteiger partial charge is 0.322 e. The van der Waals surface area contributed by atoms with Crippen molar-refractivity contribution in [2.45, 2.75) is 19.3 Å². The molecule has 6 heteroatoms. The maximum Gasteiger partial charge on any atom is 0.322 e. The molecule has 21 heavy (non-hydrogen) atoms. The van der Waals surface area contributed by atoms with Gasteiger partial charge in [0.2, 0.25) is 5.91 Å². The standard InChI is InChI=1S/C15H14FN3O2/c16-12-3-1-2-4-13(12)21-15-17-8-11(9-18-15)19-14(20)7-10-5-6-10/h1-4,8-10H,5-7H2,(H,19,20). The second-order valence-electron chi connectivity index (χ2n) is 4.98. The number of hydrogen-bond acceptors (Lipinski definition) is 4. The number of ether oxygens (including phenoxy) is 1. The van der Waals surface area contributed by atoms with Crippen LogP contribution in [0.25, 0.3) is 0 Å². The number of nitrogens with one attached hydrogen (secondary N) is 1. The number of aromatic nitrogens is 2. The Morgan fingerprint density at radius 1 is 1.29 bits per heavy atom. The molecule has 0 spiro atoms. The van der Waals surface area contributed by atoms with Gasteiger partial charge < -0.3 is 10.1 Å². The summed E-state index contributed by atoms with van der Waals surface area (Å²) in [5.74, 6) is 0.0596. The molecule has 1 N–H and O–H groups in total.